The third-order valence-corrected chi connectivity index (χ3v) is 3.18. The molecule has 0 aliphatic rings. The highest BCUT2D eigenvalue weighted by molar-refractivity contribution is 5.90. The minimum absolute atomic E-state index is 0.0577. The van der Waals surface area contributed by atoms with Gasteiger partial charge in [-0.3, -0.25) is 4.79 Å². The van der Waals surface area contributed by atoms with Crippen LogP contribution in [-0.2, 0) is 11.2 Å². The number of rotatable bonds is 8. The highest BCUT2D eigenvalue weighted by atomic mass is 16.4. The van der Waals surface area contributed by atoms with E-state index in [1.165, 1.54) is 0 Å². The molecule has 0 aliphatic heterocycles. The summed E-state index contributed by atoms with van der Waals surface area (Å²) in [7, 11) is 0. The molecule has 0 fully saturated rings. The van der Waals surface area contributed by atoms with E-state index >= 15 is 0 Å². The summed E-state index contributed by atoms with van der Waals surface area (Å²) in [4.78, 5) is 22.8. The minimum Gasteiger partial charge on any atom is -0.481 e. The average molecular weight is 292 g/mol. The molecule has 1 unspecified atom stereocenters. The molecule has 1 aromatic rings. The minimum atomic E-state index is -0.903. The summed E-state index contributed by atoms with van der Waals surface area (Å²) >= 11 is 0. The molecule has 21 heavy (non-hydrogen) atoms. The second-order valence-electron chi connectivity index (χ2n) is 5.09. The predicted molar refractivity (Wildman–Crippen MR) is 83.5 cm³/mol. The average Bonchev–Trinajstić information content (AvgIpc) is 2.40. The first-order valence-electron chi connectivity index (χ1n) is 7.44. The number of aryl methyl sites for hydroxylation is 1. The zero-order chi connectivity index (χ0) is 15.7. The van der Waals surface area contributed by atoms with Crippen LogP contribution in [0.2, 0.25) is 0 Å². The fourth-order valence-corrected chi connectivity index (χ4v) is 2.26. The van der Waals surface area contributed by atoms with E-state index in [0.717, 1.165) is 30.5 Å². The molecule has 0 bridgehead atoms. The Balaban J connectivity index is 2.65. The molecule has 116 valence electrons. The van der Waals surface area contributed by atoms with E-state index in [1.807, 2.05) is 31.2 Å². The standard InChI is InChI=1S/C16H24N2O3/c1-3-7-12-9-5-6-10-14(12)18-16(21)17-13(8-4-2)11-15(19)20/h5-6,9-10,13H,3-4,7-8,11H2,1-2H3,(H,19,20)(H2,17,18,21). The molecule has 2 amide bonds. The Morgan fingerprint density at radius 3 is 2.52 bits per heavy atom. The topological polar surface area (TPSA) is 78.4 Å². The number of hydrogen-bond donors (Lipinski definition) is 3. The van der Waals surface area contributed by atoms with Crippen molar-refractivity contribution in [2.45, 2.75) is 52.0 Å². The molecule has 1 aromatic carbocycles. The number of urea groups is 1. The number of benzene rings is 1. The number of para-hydroxylation sites is 1. The second-order valence-corrected chi connectivity index (χ2v) is 5.09. The number of amides is 2. The smallest absolute Gasteiger partial charge is 0.319 e. The van der Waals surface area contributed by atoms with Gasteiger partial charge in [-0.15, -0.1) is 0 Å². The predicted octanol–water partition coefficient (Wildman–Crippen LogP) is 3.40. The van der Waals surface area contributed by atoms with E-state index in [4.69, 9.17) is 5.11 Å². The Labute approximate surface area is 125 Å². The normalized spacial score (nSPS) is 11.7. The van der Waals surface area contributed by atoms with E-state index in [2.05, 4.69) is 17.6 Å². The van der Waals surface area contributed by atoms with Gasteiger partial charge in [-0.2, -0.15) is 0 Å². The van der Waals surface area contributed by atoms with Gasteiger partial charge in [0.25, 0.3) is 0 Å². The van der Waals surface area contributed by atoms with E-state index in [0.29, 0.717) is 6.42 Å². The van der Waals surface area contributed by atoms with Gasteiger partial charge in [0.15, 0.2) is 0 Å². The summed E-state index contributed by atoms with van der Waals surface area (Å²) in [6.45, 7) is 4.05. The maximum absolute atomic E-state index is 12.0. The Kier molecular flexibility index (Phi) is 7.29. The number of anilines is 1. The van der Waals surface area contributed by atoms with Gasteiger partial charge in [0.2, 0.25) is 0 Å². The molecule has 1 rings (SSSR count). The number of aliphatic carboxylic acids is 1. The first kappa shape index (κ1) is 17.0. The van der Waals surface area contributed by atoms with Crippen LogP contribution in [-0.4, -0.2) is 23.1 Å². The molecule has 5 nitrogen and oxygen atoms in total. The van der Waals surface area contributed by atoms with E-state index in [9.17, 15) is 9.59 Å². The van der Waals surface area contributed by atoms with Crippen molar-refractivity contribution in [1.29, 1.82) is 0 Å². The molecule has 0 heterocycles. The van der Waals surface area contributed by atoms with Crippen molar-refractivity contribution in [3.63, 3.8) is 0 Å². The van der Waals surface area contributed by atoms with Crippen molar-refractivity contribution in [2.24, 2.45) is 0 Å². The van der Waals surface area contributed by atoms with Crippen LogP contribution < -0.4 is 10.6 Å². The third-order valence-electron chi connectivity index (χ3n) is 3.18. The summed E-state index contributed by atoms with van der Waals surface area (Å²) in [5, 5.41) is 14.4. The zero-order valence-electron chi connectivity index (χ0n) is 12.7. The summed E-state index contributed by atoms with van der Waals surface area (Å²) in [6, 6.07) is 6.97. The molecule has 0 saturated heterocycles. The van der Waals surface area contributed by atoms with Gasteiger partial charge in [0.1, 0.15) is 0 Å². The van der Waals surface area contributed by atoms with Crippen molar-refractivity contribution in [1.82, 2.24) is 5.32 Å². The van der Waals surface area contributed by atoms with Crippen molar-refractivity contribution in [2.75, 3.05) is 5.32 Å². The SMILES string of the molecule is CCCc1ccccc1NC(=O)NC(CCC)CC(=O)O. The van der Waals surface area contributed by atoms with Gasteiger partial charge in [0, 0.05) is 11.7 Å². The fourth-order valence-electron chi connectivity index (χ4n) is 2.26. The van der Waals surface area contributed by atoms with Crippen LogP contribution >= 0.6 is 0 Å². The van der Waals surface area contributed by atoms with Gasteiger partial charge >= 0.3 is 12.0 Å². The van der Waals surface area contributed by atoms with Crippen LogP contribution in [0.3, 0.4) is 0 Å². The van der Waals surface area contributed by atoms with E-state index < -0.39 is 5.97 Å². The summed E-state index contributed by atoms with van der Waals surface area (Å²) in [6.07, 6.45) is 3.31. The molecular weight excluding hydrogens is 268 g/mol. The van der Waals surface area contributed by atoms with E-state index in [1.54, 1.807) is 0 Å². The number of carbonyl (C=O) groups is 2. The van der Waals surface area contributed by atoms with Crippen LogP contribution in [0.5, 0.6) is 0 Å². The Bertz CT molecular complexity index is 474. The van der Waals surface area contributed by atoms with Gasteiger partial charge < -0.3 is 15.7 Å². The first-order valence-corrected chi connectivity index (χ1v) is 7.44. The van der Waals surface area contributed by atoms with Crippen LogP contribution in [0.1, 0.15) is 45.1 Å². The van der Waals surface area contributed by atoms with Crippen molar-refractivity contribution in [3.05, 3.63) is 29.8 Å². The zero-order valence-corrected chi connectivity index (χ0v) is 12.7. The summed E-state index contributed by atoms with van der Waals surface area (Å²) < 4.78 is 0. The Morgan fingerprint density at radius 1 is 1.19 bits per heavy atom. The van der Waals surface area contributed by atoms with Gasteiger partial charge in [-0.25, -0.2) is 4.79 Å². The van der Waals surface area contributed by atoms with E-state index in [-0.39, 0.29) is 18.5 Å². The van der Waals surface area contributed by atoms with Crippen molar-refractivity contribution < 1.29 is 14.7 Å². The maximum atomic E-state index is 12.0. The van der Waals surface area contributed by atoms with Crippen LogP contribution in [0.25, 0.3) is 0 Å². The quantitative estimate of drug-likeness (QED) is 0.687. The van der Waals surface area contributed by atoms with Crippen LogP contribution in [0, 0.1) is 0 Å². The fraction of sp³-hybridized carbons (Fsp3) is 0.500. The Morgan fingerprint density at radius 2 is 1.90 bits per heavy atom. The lowest BCUT2D eigenvalue weighted by Crippen LogP contribution is -2.39. The van der Waals surface area contributed by atoms with Gasteiger partial charge in [0.05, 0.1) is 6.42 Å². The molecule has 0 aromatic heterocycles. The molecule has 5 heteroatoms. The molecule has 3 N–H and O–H groups in total. The molecular formula is C16H24N2O3. The molecule has 0 aliphatic carbocycles. The number of carbonyl (C=O) groups excluding carboxylic acids is 1. The second kappa shape index (κ2) is 9.00. The van der Waals surface area contributed by atoms with Crippen molar-refractivity contribution >= 4 is 17.7 Å². The maximum Gasteiger partial charge on any atom is 0.319 e. The number of carboxylic acids is 1. The number of nitrogens with one attached hydrogen (secondary N) is 2. The highest BCUT2D eigenvalue weighted by Crippen LogP contribution is 2.16. The monoisotopic (exact) mass is 292 g/mol. The third kappa shape index (κ3) is 6.29. The summed E-state index contributed by atoms with van der Waals surface area (Å²) in [5.41, 5.74) is 1.86. The number of hydrogen-bond acceptors (Lipinski definition) is 2. The van der Waals surface area contributed by atoms with Gasteiger partial charge in [-0.05, 0) is 24.5 Å². The van der Waals surface area contributed by atoms with Crippen LogP contribution in [0.4, 0.5) is 10.5 Å². The lowest BCUT2D eigenvalue weighted by atomic mass is 10.1. The highest BCUT2D eigenvalue weighted by Gasteiger charge is 2.15. The Hall–Kier alpha value is -2.04. The first-order chi connectivity index (χ1) is 10.1. The number of carboxylic acid groups (broad SMARTS) is 1. The van der Waals surface area contributed by atoms with Crippen LogP contribution in [0.15, 0.2) is 24.3 Å². The van der Waals surface area contributed by atoms with Gasteiger partial charge in [-0.1, -0.05) is 44.9 Å². The molecule has 1 atom stereocenters. The molecule has 0 saturated carbocycles. The summed E-state index contributed by atoms with van der Waals surface area (Å²) in [5.74, 6) is -0.903. The largest absolute Gasteiger partial charge is 0.481 e. The molecule has 0 spiro atoms. The lowest BCUT2D eigenvalue weighted by molar-refractivity contribution is -0.137. The molecule has 0 radical (unpaired) electrons. The lowest BCUT2D eigenvalue weighted by Gasteiger charge is -2.17. The van der Waals surface area contributed by atoms with Crippen molar-refractivity contribution in [3.8, 4) is 0 Å².